The Balaban J connectivity index is 0.000000545. The van der Waals surface area contributed by atoms with Crippen molar-refractivity contribution >= 4 is 6.47 Å². The molecule has 1 N–H and O–H groups in total. The molecule has 0 aromatic carbocycles. The molecule has 1 aromatic rings. The molecule has 0 aliphatic carbocycles. The molecule has 0 radical (unpaired) electrons. The van der Waals surface area contributed by atoms with Crippen molar-refractivity contribution in [3.05, 3.63) is 17.5 Å². The van der Waals surface area contributed by atoms with Crippen molar-refractivity contribution < 1.29 is 14.6 Å². The molecule has 1 saturated heterocycles. The predicted molar refractivity (Wildman–Crippen MR) is 78.2 cm³/mol. The third kappa shape index (κ3) is 4.53. The van der Waals surface area contributed by atoms with E-state index < -0.39 is 0 Å². The summed E-state index contributed by atoms with van der Waals surface area (Å²) in [5.41, 5.74) is 1.69. The minimum absolute atomic E-state index is 0.250. The van der Waals surface area contributed by atoms with Gasteiger partial charge in [0.25, 0.3) is 6.47 Å². The molecule has 0 unspecified atom stereocenters. The molecule has 3 heterocycles. The van der Waals surface area contributed by atoms with Gasteiger partial charge in [-0.05, 0) is 6.07 Å². The number of ether oxygens (including phenoxy) is 1. The van der Waals surface area contributed by atoms with E-state index in [4.69, 9.17) is 19.9 Å². The molecule has 22 heavy (non-hydrogen) atoms. The van der Waals surface area contributed by atoms with Crippen LogP contribution in [0.3, 0.4) is 0 Å². The van der Waals surface area contributed by atoms with Crippen LogP contribution in [0.5, 0.6) is 0 Å². The maximum absolute atomic E-state index is 8.87. The monoisotopic (exact) mass is 307 g/mol. The zero-order chi connectivity index (χ0) is 15.8. The summed E-state index contributed by atoms with van der Waals surface area (Å²) in [5.74, 6) is 0. The van der Waals surface area contributed by atoms with Crippen molar-refractivity contribution in [2.45, 2.75) is 13.1 Å². The lowest BCUT2D eigenvalue weighted by Gasteiger charge is -2.32. The summed E-state index contributed by atoms with van der Waals surface area (Å²) >= 11 is 0. The fourth-order valence-electron chi connectivity index (χ4n) is 2.67. The predicted octanol–water partition coefficient (Wildman–Crippen LogP) is -0.397. The van der Waals surface area contributed by atoms with E-state index in [2.05, 4.69) is 21.0 Å². The second kappa shape index (κ2) is 8.48. The van der Waals surface area contributed by atoms with Gasteiger partial charge in [-0.15, -0.1) is 0 Å². The van der Waals surface area contributed by atoms with Crippen LogP contribution < -0.4 is 0 Å². The Morgan fingerprint density at radius 2 is 1.95 bits per heavy atom. The van der Waals surface area contributed by atoms with E-state index >= 15 is 0 Å². The molecule has 0 spiro atoms. The van der Waals surface area contributed by atoms with E-state index in [9.17, 15) is 0 Å². The smallest absolute Gasteiger partial charge is 0.290 e. The SMILES string of the molecule is N#Cc1cc2n(n1)CCN(CCN1CCOCC1)C2.O=CO. The van der Waals surface area contributed by atoms with Crippen molar-refractivity contribution in [1.82, 2.24) is 19.6 Å². The first-order chi connectivity index (χ1) is 10.8. The Hall–Kier alpha value is -1.95. The average molecular weight is 307 g/mol. The highest BCUT2D eigenvalue weighted by Crippen LogP contribution is 2.13. The highest BCUT2D eigenvalue weighted by Gasteiger charge is 2.19. The average Bonchev–Trinajstić information content (AvgIpc) is 2.97. The minimum atomic E-state index is -0.250. The molecule has 2 aliphatic heterocycles. The van der Waals surface area contributed by atoms with Gasteiger partial charge in [0.2, 0.25) is 0 Å². The van der Waals surface area contributed by atoms with Crippen LogP contribution in [-0.2, 0) is 22.6 Å². The topological polar surface area (TPSA) is 94.6 Å². The molecule has 1 fully saturated rings. The van der Waals surface area contributed by atoms with Crippen molar-refractivity contribution in [1.29, 1.82) is 5.26 Å². The molecule has 0 bridgehead atoms. The molecule has 0 atom stereocenters. The Labute approximate surface area is 129 Å². The molecule has 120 valence electrons. The van der Waals surface area contributed by atoms with Gasteiger partial charge in [0.1, 0.15) is 6.07 Å². The summed E-state index contributed by atoms with van der Waals surface area (Å²) in [6.45, 7) is 8.55. The number of nitriles is 1. The molecular weight excluding hydrogens is 286 g/mol. The first kappa shape index (κ1) is 16.4. The molecule has 8 heteroatoms. The molecule has 3 rings (SSSR count). The standard InChI is InChI=1S/C13H19N5O.CH2O2/c14-10-12-9-13-11-17(3-4-18(13)15-12)2-1-16-5-7-19-8-6-16;2-1-3/h9H,1-8,11H2;1H,(H,2,3). The van der Waals surface area contributed by atoms with Crippen LogP contribution in [0.15, 0.2) is 6.07 Å². The van der Waals surface area contributed by atoms with Crippen LogP contribution in [-0.4, -0.2) is 77.1 Å². The maximum atomic E-state index is 8.87. The summed E-state index contributed by atoms with van der Waals surface area (Å²) in [6, 6.07) is 4.01. The van der Waals surface area contributed by atoms with Crippen molar-refractivity contribution in [3.8, 4) is 6.07 Å². The van der Waals surface area contributed by atoms with Gasteiger partial charge >= 0.3 is 0 Å². The number of hydrogen-bond donors (Lipinski definition) is 1. The fraction of sp³-hybridized carbons (Fsp3) is 0.643. The summed E-state index contributed by atoms with van der Waals surface area (Å²) in [7, 11) is 0. The third-order valence-electron chi connectivity index (χ3n) is 3.83. The number of carboxylic acid groups (broad SMARTS) is 1. The lowest BCUT2D eigenvalue weighted by Crippen LogP contribution is -2.43. The van der Waals surface area contributed by atoms with Gasteiger partial charge in [-0.3, -0.25) is 19.3 Å². The van der Waals surface area contributed by atoms with E-state index in [0.717, 1.165) is 64.7 Å². The van der Waals surface area contributed by atoms with Crippen molar-refractivity contribution in [2.75, 3.05) is 45.9 Å². The summed E-state index contributed by atoms with van der Waals surface area (Å²) in [4.78, 5) is 13.3. The van der Waals surface area contributed by atoms with Gasteiger partial charge in [-0.1, -0.05) is 0 Å². The zero-order valence-corrected chi connectivity index (χ0v) is 12.5. The number of nitrogens with zero attached hydrogens (tertiary/aromatic N) is 5. The molecular formula is C14H21N5O3. The van der Waals surface area contributed by atoms with Gasteiger partial charge in [-0.2, -0.15) is 10.4 Å². The van der Waals surface area contributed by atoms with Gasteiger partial charge < -0.3 is 9.84 Å². The number of aromatic nitrogens is 2. The van der Waals surface area contributed by atoms with Crippen molar-refractivity contribution in [3.63, 3.8) is 0 Å². The van der Waals surface area contributed by atoms with E-state index in [1.807, 2.05) is 10.7 Å². The van der Waals surface area contributed by atoms with E-state index in [1.165, 1.54) is 0 Å². The first-order valence-electron chi connectivity index (χ1n) is 7.34. The quantitative estimate of drug-likeness (QED) is 0.759. The minimum Gasteiger partial charge on any atom is -0.483 e. The van der Waals surface area contributed by atoms with Crippen molar-refractivity contribution in [2.24, 2.45) is 0 Å². The first-order valence-corrected chi connectivity index (χ1v) is 7.34. The van der Waals surface area contributed by atoms with Gasteiger partial charge in [0.05, 0.1) is 25.5 Å². The van der Waals surface area contributed by atoms with E-state index in [1.54, 1.807) is 0 Å². The Bertz CT molecular complexity index is 519. The number of rotatable bonds is 3. The van der Waals surface area contributed by atoms with Crippen LogP contribution in [0.4, 0.5) is 0 Å². The Morgan fingerprint density at radius 3 is 2.64 bits per heavy atom. The van der Waals surface area contributed by atoms with Gasteiger partial charge in [0.15, 0.2) is 5.69 Å². The second-order valence-electron chi connectivity index (χ2n) is 5.19. The summed E-state index contributed by atoms with van der Waals surface area (Å²) < 4.78 is 7.32. The Morgan fingerprint density at radius 1 is 1.27 bits per heavy atom. The second-order valence-corrected chi connectivity index (χ2v) is 5.19. The molecule has 2 aliphatic rings. The van der Waals surface area contributed by atoms with Gasteiger partial charge in [0, 0.05) is 39.3 Å². The number of fused-ring (bicyclic) bond motifs is 1. The lowest BCUT2D eigenvalue weighted by atomic mass is 10.3. The number of morpholine rings is 1. The maximum Gasteiger partial charge on any atom is 0.290 e. The van der Waals surface area contributed by atoms with Crippen LogP contribution in [0.2, 0.25) is 0 Å². The zero-order valence-electron chi connectivity index (χ0n) is 12.5. The molecule has 0 saturated carbocycles. The lowest BCUT2D eigenvalue weighted by molar-refractivity contribution is -0.122. The molecule has 8 nitrogen and oxygen atoms in total. The van der Waals surface area contributed by atoms with Crippen LogP contribution >= 0.6 is 0 Å². The number of hydrogen-bond acceptors (Lipinski definition) is 6. The highest BCUT2D eigenvalue weighted by molar-refractivity contribution is 5.32. The Kier molecular flexibility index (Phi) is 6.33. The highest BCUT2D eigenvalue weighted by atomic mass is 16.5. The largest absolute Gasteiger partial charge is 0.483 e. The molecule has 1 aromatic heterocycles. The van der Waals surface area contributed by atoms with Crippen LogP contribution in [0.1, 0.15) is 11.4 Å². The summed E-state index contributed by atoms with van der Waals surface area (Å²) in [5, 5.41) is 20.0. The third-order valence-corrected chi connectivity index (χ3v) is 3.83. The number of carbonyl (C=O) groups is 1. The van der Waals surface area contributed by atoms with Crippen LogP contribution in [0.25, 0.3) is 0 Å². The fourth-order valence-corrected chi connectivity index (χ4v) is 2.67. The van der Waals surface area contributed by atoms with Crippen LogP contribution in [0, 0.1) is 11.3 Å². The summed E-state index contributed by atoms with van der Waals surface area (Å²) in [6.07, 6.45) is 0. The normalized spacial score (nSPS) is 18.7. The van der Waals surface area contributed by atoms with E-state index in [-0.39, 0.29) is 6.47 Å². The van der Waals surface area contributed by atoms with Gasteiger partial charge in [-0.25, -0.2) is 0 Å². The van der Waals surface area contributed by atoms with E-state index in [0.29, 0.717) is 5.69 Å². The molecule has 0 amide bonds.